The second-order valence-electron chi connectivity index (χ2n) is 17.2. The molecule has 5 N–H and O–H groups in total. The highest BCUT2D eigenvalue weighted by molar-refractivity contribution is 6.00. The number of phenolic OH excluding ortho intramolecular Hbond substituents is 1. The van der Waals surface area contributed by atoms with E-state index in [0.29, 0.717) is 35.0 Å². The standard InChI is InChI=1S/C29H22F3N5O5.C27H23N5O4/c1-37-13-12-34-26(37)19-8-5-9-20(14-19)40-24-16-21(17-6-3-2-4-7-17)35-28(36-24)42-23-15-18(25(33)38)10-11-22(23)41-27(39)29(30,31)32;1-32-13-12-29-26(32)19-8-5-9-20(14-19)35-27-30-21(17-6-3-2-4-7-17)16-24(31-27)36-23-15-18(25(28)34)10-11-22(23)33/h2-11,14-16H,12-13H2,1H3,(H2,33,38);2-11,14-16,33H,12-13H2,1H3,(H2,28,34). The van der Waals surface area contributed by atoms with Crippen LogP contribution in [0.25, 0.3) is 22.5 Å². The fraction of sp³-hybridized carbons (Fsp3) is 0.125. The molecule has 0 saturated carbocycles. The van der Waals surface area contributed by atoms with E-state index in [-0.39, 0.29) is 46.4 Å². The molecule has 0 atom stereocenters. The number of rotatable bonds is 15. The predicted molar refractivity (Wildman–Crippen MR) is 279 cm³/mol. The molecule has 2 aromatic heterocycles. The van der Waals surface area contributed by atoms with E-state index < -0.39 is 35.5 Å². The van der Waals surface area contributed by atoms with Gasteiger partial charge in [-0.15, -0.1) is 0 Å². The number of nitrogens with two attached hydrogens (primary N) is 2. The van der Waals surface area contributed by atoms with E-state index in [1.54, 1.807) is 60.7 Å². The number of hydrogen-bond acceptors (Lipinski definition) is 17. The van der Waals surface area contributed by atoms with Crippen LogP contribution in [0.4, 0.5) is 13.2 Å². The highest BCUT2D eigenvalue weighted by Crippen LogP contribution is 2.37. The monoisotopic (exact) mass is 1060 g/mol. The van der Waals surface area contributed by atoms with Crippen LogP contribution in [0.5, 0.6) is 58.3 Å². The summed E-state index contributed by atoms with van der Waals surface area (Å²) in [7, 11) is 3.94. The number of ether oxygens (including phenoxy) is 5. The fourth-order valence-corrected chi connectivity index (χ4v) is 7.77. The van der Waals surface area contributed by atoms with Crippen molar-refractivity contribution in [1.29, 1.82) is 0 Å². The van der Waals surface area contributed by atoms with Gasteiger partial charge in [-0.25, -0.2) is 4.79 Å². The van der Waals surface area contributed by atoms with Crippen molar-refractivity contribution in [3.05, 3.63) is 180 Å². The van der Waals surface area contributed by atoms with Crippen LogP contribution in [0, 0.1) is 0 Å². The van der Waals surface area contributed by atoms with Crippen molar-refractivity contribution in [1.82, 2.24) is 29.7 Å². The Balaban J connectivity index is 0.000000192. The molecule has 8 aromatic rings. The van der Waals surface area contributed by atoms with Crippen LogP contribution in [0.15, 0.2) is 168 Å². The molecule has 19 nitrogen and oxygen atoms in total. The van der Waals surface area contributed by atoms with Gasteiger partial charge < -0.3 is 50.1 Å². The summed E-state index contributed by atoms with van der Waals surface area (Å²) in [5.41, 5.74) is 14.9. The Morgan fingerprint density at radius 1 is 0.513 bits per heavy atom. The molecule has 78 heavy (non-hydrogen) atoms. The molecule has 22 heteroatoms. The van der Waals surface area contributed by atoms with Gasteiger partial charge in [-0.2, -0.15) is 33.1 Å². The fourth-order valence-electron chi connectivity index (χ4n) is 7.77. The number of aliphatic imine (C=N–C) groups is 2. The molecule has 0 saturated heterocycles. The quantitative estimate of drug-likeness (QED) is 0.0639. The number of alkyl halides is 3. The van der Waals surface area contributed by atoms with Crippen molar-refractivity contribution in [3.63, 3.8) is 0 Å². The van der Waals surface area contributed by atoms with Crippen LogP contribution in [-0.4, -0.2) is 111 Å². The van der Waals surface area contributed by atoms with Crippen LogP contribution in [0.3, 0.4) is 0 Å². The van der Waals surface area contributed by atoms with Gasteiger partial charge in [0.25, 0.3) is 0 Å². The van der Waals surface area contributed by atoms with E-state index in [1.807, 2.05) is 79.7 Å². The van der Waals surface area contributed by atoms with Gasteiger partial charge in [-0.1, -0.05) is 84.9 Å². The Morgan fingerprint density at radius 3 is 1.49 bits per heavy atom. The molecule has 0 spiro atoms. The minimum Gasteiger partial charge on any atom is -0.504 e. The summed E-state index contributed by atoms with van der Waals surface area (Å²) in [6.45, 7) is 3.10. The van der Waals surface area contributed by atoms with Crippen molar-refractivity contribution < 1.29 is 56.3 Å². The minimum absolute atomic E-state index is 0.0271. The molecule has 2 aliphatic rings. The van der Waals surface area contributed by atoms with Crippen LogP contribution in [0.2, 0.25) is 0 Å². The highest BCUT2D eigenvalue weighted by Gasteiger charge is 2.42. The second-order valence-corrected chi connectivity index (χ2v) is 17.2. The average molecular weight is 1060 g/mol. The number of phenols is 1. The van der Waals surface area contributed by atoms with E-state index in [9.17, 15) is 32.7 Å². The molecule has 2 aliphatic heterocycles. The molecule has 10 rings (SSSR count). The first-order valence-electron chi connectivity index (χ1n) is 23.7. The molecule has 0 fully saturated rings. The maximum atomic E-state index is 12.9. The summed E-state index contributed by atoms with van der Waals surface area (Å²) in [5, 5.41) is 10.3. The zero-order valence-corrected chi connectivity index (χ0v) is 41.4. The molecule has 6 aromatic carbocycles. The molecular formula is C56H45F3N10O9. The Morgan fingerprint density at radius 2 is 0.987 bits per heavy atom. The molecule has 0 aliphatic carbocycles. The van der Waals surface area contributed by atoms with E-state index >= 15 is 0 Å². The third kappa shape index (κ3) is 12.9. The number of hydrogen-bond donors (Lipinski definition) is 3. The van der Waals surface area contributed by atoms with E-state index in [2.05, 4.69) is 39.6 Å². The van der Waals surface area contributed by atoms with Gasteiger partial charge in [0.1, 0.15) is 23.2 Å². The largest absolute Gasteiger partial charge is 0.504 e. The molecular weight excluding hydrogens is 1010 g/mol. The predicted octanol–water partition coefficient (Wildman–Crippen LogP) is 9.21. The topological polar surface area (TPSA) is 252 Å². The van der Waals surface area contributed by atoms with Crippen LogP contribution < -0.4 is 35.2 Å². The maximum Gasteiger partial charge on any atom is 0.491 e. The van der Waals surface area contributed by atoms with Crippen molar-refractivity contribution in [2.75, 3.05) is 40.3 Å². The number of amidine groups is 2. The van der Waals surface area contributed by atoms with Gasteiger partial charge in [0.2, 0.25) is 23.6 Å². The van der Waals surface area contributed by atoms with Crippen molar-refractivity contribution >= 4 is 29.5 Å². The number of nitrogens with zero attached hydrogens (tertiary/aromatic N) is 8. The van der Waals surface area contributed by atoms with Crippen molar-refractivity contribution in [3.8, 4) is 80.8 Å². The molecule has 394 valence electrons. The molecule has 0 radical (unpaired) electrons. The van der Waals surface area contributed by atoms with Gasteiger partial charge in [0.05, 0.1) is 24.5 Å². The third-order valence-corrected chi connectivity index (χ3v) is 11.6. The van der Waals surface area contributed by atoms with Crippen molar-refractivity contribution in [2.24, 2.45) is 21.5 Å². The lowest BCUT2D eigenvalue weighted by molar-refractivity contribution is -0.189. The SMILES string of the molecule is CN1CCN=C1c1cccc(Oc2cc(-c3ccccc3)nc(Oc3cc(C(N)=O)ccc3OC(=O)C(F)(F)F)n2)c1.CN1CCN=C1c1cccc(Oc2nc(Oc3cc(C(N)=O)ccc3O)cc(-c3ccccc3)n2)c1. The van der Waals surface area contributed by atoms with Crippen molar-refractivity contribution in [2.45, 2.75) is 6.18 Å². The van der Waals surface area contributed by atoms with Crippen LogP contribution in [0.1, 0.15) is 31.8 Å². The lowest BCUT2D eigenvalue weighted by atomic mass is 10.1. The molecule has 2 amide bonds. The van der Waals surface area contributed by atoms with Crippen LogP contribution in [-0.2, 0) is 4.79 Å². The smallest absolute Gasteiger partial charge is 0.491 e. The molecule has 0 unspecified atom stereocenters. The number of aromatic nitrogens is 4. The van der Waals surface area contributed by atoms with E-state index in [1.165, 1.54) is 18.2 Å². The van der Waals surface area contributed by atoms with Gasteiger partial charge >= 0.3 is 24.2 Å². The average Bonchev–Trinajstić information content (AvgIpc) is 4.09. The summed E-state index contributed by atoms with van der Waals surface area (Å²) in [6.07, 6.45) is -5.28. The Hall–Kier alpha value is -10.4. The normalized spacial score (nSPS) is 12.9. The summed E-state index contributed by atoms with van der Waals surface area (Å²) < 4.78 is 66.8. The Bertz CT molecular complexity index is 3610. The number of benzene rings is 6. The number of amides is 2. The van der Waals surface area contributed by atoms with Gasteiger partial charge in [-0.3, -0.25) is 19.6 Å². The molecule has 4 heterocycles. The summed E-state index contributed by atoms with van der Waals surface area (Å²) in [5.74, 6) is -2.43. The lowest BCUT2D eigenvalue weighted by Gasteiger charge is -2.15. The van der Waals surface area contributed by atoms with E-state index in [4.69, 9.17) is 30.4 Å². The number of halogens is 3. The molecule has 0 bridgehead atoms. The highest BCUT2D eigenvalue weighted by atomic mass is 19.4. The van der Waals surface area contributed by atoms with Gasteiger partial charge in [0, 0.05) is 72.7 Å². The number of carbonyl (C=O) groups excluding carboxylic acids is 3. The Labute approximate surface area is 442 Å². The second kappa shape index (κ2) is 23.0. The van der Waals surface area contributed by atoms with Gasteiger partial charge in [-0.05, 0) is 60.7 Å². The number of likely N-dealkylation sites (N-methyl/N-ethyl adjacent to an activating group) is 2. The summed E-state index contributed by atoms with van der Waals surface area (Å²) in [6, 6.07) is 43.1. The number of aromatic hydroxyl groups is 1. The zero-order chi connectivity index (χ0) is 54.9. The van der Waals surface area contributed by atoms with E-state index in [0.717, 1.165) is 66.2 Å². The minimum atomic E-state index is -5.28. The first kappa shape index (κ1) is 52.5. The number of carbonyl (C=O) groups is 3. The summed E-state index contributed by atoms with van der Waals surface area (Å²) in [4.78, 5) is 65.6. The van der Waals surface area contributed by atoms with Crippen LogP contribution >= 0.6 is 0 Å². The zero-order valence-electron chi connectivity index (χ0n) is 41.4. The maximum absolute atomic E-state index is 12.9. The number of esters is 1. The summed E-state index contributed by atoms with van der Waals surface area (Å²) >= 11 is 0. The first-order chi connectivity index (χ1) is 37.5. The third-order valence-electron chi connectivity index (χ3n) is 11.6. The Kier molecular flexibility index (Phi) is 15.5. The lowest BCUT2D eigenvalue weighted by Crippen LogP contribution is -2.28. The van der Waals surface area contributed by atoms with Gasteiger partial charge in [0.15, 0.2) is 23.0 Å². The number of primary amides is 2. The first-order valence-corrected chi connectivity index (χ1v) is 23.7.